The van der Waals surface area contributed by atoms with Gasteiger partial charge in [-0.2, -0.15) is 0 Å². The van der Waals surface area contributed by atoms with Crippen LogP contribution in [0.15, 0.2) is 24.3 Å². The SMILES string of the molecule is C[S+](C)C1Cc2cc(C(C)(C)C)cc(c2C[Si](C)(C)C)CC([S+](C)C)c2cc(C(C)(C)C)cc1c2C[Si](C)(C)C. The van der Waals surface area contributed by atoms with Crippen molar-refractivity contribution in [2.75, 3.05) is 25.0 Å². The third-order valence-corrected chi connectivity index (χ3v) is 14.5. The summed E-state index contributed by atoms with van der Waals surface area (Å²) in [6.07, 6.45) is 12.5. The fourth-order valence-corrected chi connectivity index (χ4v) is 11.7. The Labute approximate surface area is 257 Å². The van der Waals surface area contributed by atoms with Crippen molar-refractivity contribution in [3.05, 3.63) is 68.8 Å². The molecule has 0 fully saturated rings. The summed E-state index contributed by atoms with van der Waals surface area (Å²) in [6, 6.07) is 13.3. The zero-order valence-corrected chi connectivity index (χ0v) is 32.7. The van der Waals surface area contributed by atoms with Crippen molar-refractivity contribution in [3.8, 4) is 0 Å². The van der Waals surface area contributed by atoms with Crippen LogP contribution in [-0.2, 0) is 57.5 Å². The van der Waals surface area contributed by atoms with Gasteiger partial charge < -0.3 is 0 Å². The predicted octanol–water partition coefficient (Wildman–Crippen LogP) is 9.76. The number of fused-ring (bicyclic) bond motifs is 4. The Hall–Kier alpha value is -0.426. The van der Waals surface area contributed by atoms with Crippen LogP contribution in [0.5, 0.6) is 0 Å². The van der Waals surface area contributed by atoms with Gasteiger partial charge >= 0.3 is 0 Å². The molecule has 0 N–H and O–H groups in total. The van der Waals surface area contributed by atoms with Crippen molar-refractivity contribution >= 4 is 37.9 Å². The summed E-state index contributed by atoms with van der Waals surface area (Å²) in [4.78, 5) is 0. The van der Waals surface area contributed by atoms with Gasteiger partial charge in [0, 0.05) is 40.1 Å². The fourth-order valence-electron chi connectivity index (χ4n) is 6.27. The van der Waals surface area contributed by atoms with E-state index in [0.717, 1.165) is 0 Å². The molecule has 0 heterocycles. The highest BCUT2D eigenvalue weighted by molar-refractivity contribution is 7.96. The van der Waals surface area contributed by atoms with E-state index in [4.69, 9.17) is 0 Å². The Morgan fingerprint density at radius 1 is 0.575 bits per heavy atom. The van der Waals surface area contributed by atoms with Crippen molar-refractivity contribution in [1.29, 1.82) is 0 Å². The first-order valence-electron chi connectivity index (χ1n) is 15.4. The predicted molar refractivity (Wildman–Crippen MR) is 196 cm³/mol. The molecule has 1 aliphatic carbocycles. The monoisotopic (exact) mass is 614 g/mol. The summed E-state index contributed by atoms with van der Waals surface area (Å²) in [7, 11) is -2.09. The average molecular weight is 615 g/mol. The molecular formula is C36H62S2Si2+2. The standard InChI is InChI=1S/C36H62S2Si2/c1-35(2,3)27-17-25-19-33(37(7)8)29-21-28(36(4,5)6)22-30(32(29)24-40(14,15)16)34(38(9)10)20-26(18-27)31(25)23-39(11,12)13/h17-18,21-22,33-34H,19-20,23-24H2,1-16H3/q+2. The summed E-state index contributed by atoms with van der Waals surface area (Å²) >= 11 is 0. The molecule has 2 atom stereocenters. The van der Waals surface area contributed by atoms with E-state index in [1.165, 1.54) is 30.5 Å². The average Bonchev–Trinajstić information content (AvgIpc) is 2.73. The van der Waals surface area contributed by atoms with E-state index in [2.05, 4.69) is 130 Å². The van der Waals surface area contributed by atoms with Gasteiger partial charge in [0.15, 0.2) is 0 Å². The first kappa shape index (κ1) is 34.1. The molecule has 4 heteroatoms. The molecule has 0 aliphatic heterocycles. The van der Waals surface area contributed by atoms with Gasteiger partial charge in [-0.05, 0) is 90.2 Å². The first-order chi connectivity index (χ1) is 18.0. The largest absolute Gasteiger partial charge is 0.147 e. The molecule has 0 radical (unpaired) electrons. The molecule has 0 aromatic heterocycles. The van der Waals surface area contributed by atoms with Crippen LogP contribution in [-0.4, -0.2) is 41.2 Å². The minimum atomic E-state index is -1.34. The third-order valence-electron chi connectivity index (χ3n) is 8.54. The molecule has 1 aliphatic rings. The molecule has 2 aromatic rings. The summed E-state index contributed by atoms with van der Waals surface area (Å²) in [6.45, 7) is 29.9. The molecule has 40 heavy (non-hydrogen) atoms. The lowest BCUT2D eigenvalue weighted by Gasteiger charge is -2.34. The molecule has 224 valence electrons. The van der Waals surface area contributed by atoms with E-state index in [1.807, 2.05) is 0 Å². The lowest BCUT2D eigenvalue weighted by atomic mass is 9.78. The van der Waals surface area contributed by atoms with Crippen LogP contribution in [0.3, 0.4) is 0 Å². The van der Waals surface area contributed by atoms with Crippen molar-refractivity contribution < 1.29 is 0 Å². The maximum absolute atomic E-state index is 2.69. The van der Waals surface area contributed by atoms with Gasteiger partial charge in [0.25, 0.3) is 0 Å². The van der Waals surface area contributed by atoms with Crippen LogP contribution in [0.1, 0.15) is 96.5 Å². The topological polar surface area (TPSA) is 0 Å². The van der Waals surface area contributed by atoms with E-state index >= 15 is 0 Å². The minimum absolute atomic E-state index is 0.150. The molecule has 3 rings (SSSR count). The van der Waals surface area contributed by atoms with Crippen molar-refractivity contribution in [2.45, 2.75) is 127 Å². The molecule has 0 saturated heterocycles. The van der Waals surface area contributed by atoms with Gasteiger partial charge in [-0.15, -0.1) is 0 Å². The highest BCUT2D eigenvalue weighted by atomic mass is 32.2. The maximum atomic E-state index is 2.69. The smallest absolute Gasteiger partial charge is 0.0693 e. The normalized spacial score (nSPS) is 18.9. The summed E-state index contributed by atoms with van der Waals surface area (Å²) in [5.74, 6) is 0. The zero-order chi connectivity index (χ0) is 30.6. The molecule has 4 bridgehead atoms. The van der Waals surface area contributed by atoms with Crippen LogP contribution in [0.25, 0.3) is 0 Å². The molecule has 2 aromatic carbocycles. The molecule has 0 nitrogen and oxygen atoms in total. The Balaban J connectivity index is 2.51. The van der Waals surface area contributed by atoms with Gasteiger partial charge in [-0.1, -0.05) is 93.0 Å². The second-order valence-electron chi connectivity index (χ2n) is 17.5. The number of rotatable bonds is 6. The molecular weight excluding hydrogens is 553 g/mol. The molecule has 0 spiro atoms. The summed E-state index contributed by atoms with van der Waals surface area (Å²) in [5.41, 5.74) is 13.6. The molecule has 0 amide bonds. The molecule has 2 unspecified atom stereocenters. The van der Waals surface area contributed by atoms with E-state index in [0.29, 0.717) is 10.5 Å². The lowest BCUT2D eigenvalue weighted by Crippen LogP contribution is -2.31. The number of hydrogen-bond donors (Lipinski definition) is 0. The summed E-state index contributed by atoms with van der Waals surface area (Å²) in [5, 5.41) is 1.15. The van der Waals surface area contributed by atoms with Crippen molar-refractivity contribution in [1.82, 2.24) is 0 Å². The highest BCUT2D eigenvalue weighted by Gasteiger charge is 2.39. The second kappa shape index (κ2) is 11.9. The second-order valence-corrected chi connectivity index (χ2v) is 33.1. The van der Waals surface area contributed by atoms with E-state index < -0.39 is 16.1 Å². The Bertz CT molecular complexity index is 1140. The van der Waals surface area contributed by atoms with Crippen molar-refractivity contribution in [2.24, 2.45) is 0 Å². The first-order valence-corrected chi connectivity index (χ1v) is 27.1. The Morgan fingerprint density at radius 2 is 0.900 bits per heavy atom. The summed E-state index contributed by atoms with van der Waals surface area (Å²) < 4.78 is 0. The van der Waals surface area contributed by atoms with Crippen LogP contribution >= 0.6 is 0 Å². The minimum Gasteiger partial charge on any atom is -0.0693 e. The number of hydrogen-bond acceptors (Lipinski definition) is 0. The maximum Gasteiger partial charge on any atom is 0.147 e. The van der Waals surface area contributed by atoms with Crippen LogP contribution < -0.4 is 0 Å². The van der Waals surface area contributed by atoms with Crippen LogP contribution in [0.4, 0.5) is 0 Å². The van der Waals surface area contributed by atoms with Crippen LogP contribution in [0.2, 0.25) is 39.3 Å². The Kier molecular flexibility index (Phi) is 10.2. The van der Waals surface area contributed by atoms with Gasteiger partial charge in [-0.25, -0.2) is 0 Å². The van der Waals surface area contributed by atoms with Gasteiger partial charge in [0.2, 0.25) is 0 Å². The van der Waals surface area contributed by atoms with E-state index in [1.54, 1.807) is 38.9 Å². The zero-order valence-electron chi connectivity index (χ0n) is 29.1. The van der Waals surface area contributed by atoms with Gasteiger partial charge in [0.1, 0.15) is 10.5 Å². The van der Waals surface area contributed by atoms with E-state index in [-0.39, 0.29) is 32.6 Å². The van der Waals surface area contributed by atoms with Crippen LogP contribution in [0, 0.1) is 0 Å². The highest BCUT2D eigenvalue weighted by Crippen LogP contribution is 2.44. The Morgan fingerprint density at radius 3 is 1.20 bits per heavy atom. The third kappa shape index (κ3) is 8.35. The quantitative estimate of drug-likeness (QED) is 0.224. The fraction of sp³-hybridized carbons (Fsp3) is 0.667. The lowest BCUT2D eigenvalue weighted by molar-refractivity contribution is 0.584. The van der Waals surface area contributed by atoms with Crippen molar-refractivity contribution in [3.63, 3.8) is 0 Å². The van der Waals surface area contributed by atoms with Gasteiger partial charge in [-0.3, -0.25) is 0 Å². The number of benzene rings is 2. The van der Waals surface area contributed by atoms with E-state index in [9.17, 15) is 0 Å². The van der Waals surface area contributed by atoms with Gasteiger partial charge in [0.05, 0.1) is 25.0 Å². The molecule has 0 saturated carbocycles.